The number of rotatable bonds is 4. The van der Waals surface area contributed by atoms with Crippen molar-refractivity contribution in [2.45, 2.75) is 43.7 Å². The van der Waals surface area contributed by atoms with Crippen LogP contribution in [0.15, 0.2) is 72.8 Å². The molecule has 2 aliphatic heterocycles. The van der Waals surface area contributed by atoms with Gasteiger partial charge in [-0.1, -0.05) is 72.8 Å². The maximum Gasteiger partial charge on any atom is 0.111 e. The standard InChI is InChI=1S/C21H22O2/c1-20-13-8-14-21(23-20,18-11-6-3-7-12-18)15-19(20)22-16-17-9-4-2-5-10-17/h2-13,19H,14-16H2,1H3/t19-,20+,21-/m1/s1. The third-order valence-corrected chi connectivity index (χ3v) is 5.06. The molecule has 2 nitrogen and oxygen atoms in total. The number of hydrogen-bond donors (Lipinski definition) is 0. The van der Waals surface area contributed by atoms with Crippen LogP contribution in [0.4, 0.5) is 0 Å². The van der Waals surface area contributed by atoms with E-state index in [1.54, 1.807) is 0 Å². The van der Waals surface area contributed by atoms with Gasteiger partial charge in [0.05, 0.1) is 12.7 Å². The molecule has 0 aromatic heterocycles. The van der Waals surface area contributed by atoms with Crippen molar-refractivity contribution < 1.29 is 9.47 Å². The van der Waals surface area contributed by atoms with E-state index in [9.17, 15) is 0 Å². The van der Waals surface area contributed by atoms with Crippen LogP contribution in [-0.4, -0.2) is 11.7 Å². The second-order valence-corrected chi connectivity index (χ2v) is 6.74. The molecule has 0 N–H and O–H groups in total. The van der Waals surface area contributed by atoms with Gasteiger partial charge in [0.15, 0.2) is 0 Å². The number of ether oxygens (including phenoxy) is 2. The van der Waals surface area contributed by atoms with Gasteiger partial charge in [0, 0.05) is 6.42 Å². The fourth-order valence-electron chi connectivity index (χ4n) is 3.81. The van der Waals surface area contributed by atoms with Gasteiger partial charge in [-0.2, -0.15) is 0 Å². The van der Waals surface area contributed by atoms with Gasteiger partial charge in [-0.25, -0.2) is 0 Å². The van der Waals surface area contributed by atoms with E-state index in [2.05, 4.69) is 73.7 Å². The van der Waals surface area contributed by atoms with Crippen LogP contribution < -0.4 is 0 Å². The summed E-state index contributed by atoms with van der Waals surface area (Å²) in [6.45, 7) is 2.77. The average molecular weight is 306 g/mol. The van der Waals surface area contributed by atoms with Crippen molar-refractivity contribution in [3.05, 3.63) is 83.9 Å². The summed E-state index contributed by atoms with van der Waals surface area (Å²) in [6, 6.07) is 20.9. The number of benzene rings is 2. The molecule has 1 saturated heterocycles. The van der Waals surface area contributed by atoms with E-state index in [4.69, 9.17) is 9.47 Å². The van der Waals surface area contributed by atoms with Gasteiger partial charge in [0.25, 0.3) is 0 Å². The molecule has 0 unspecified atom stereocenters. The zero-order valence-electron chi connectivity index (χ0n) is 13.4. The number of hydrogen-bond acceptors (Lipinski definition) is 2. The molecule has 0 amide bonds. The fourth-order valence-corrected chi connectivity index (χ4v) is 3.81. The molecule has 2 heterocycles. The van der Waals surface area contributed by atoms with E-state index in [-0.39, 0.29) is 17.3 Å². The predicted octanol–water partition coefficient (Wildman–Crippen LogP) is 4.61. The van der Waals surface area contributed by atoms with Crippen LogP contribution >= 0.6 is 0 Å². The smallest absolute Gasteiger partial charge is 0.111 e. The Morgan fingerprint density at radius 2 is 1.74 bits per heavy atom. The summed E-state index contributed by atoms with van der Waals surface area (Å²) in [7, 11) is 0. The SMILES string of the molecule is C[C@]12C=CC[C@](c3ccccc3)(C[C@H]1OCc1ccccc1)O2. The van der Waals surface area contributed by atoms with Gasteiger partial charge >= 0.3 is 0 Å². The first kappa shape index (κ1) is 14.7. The van der Waals surface area contributed by atoms with Crippen LogP contribution in [0.5, 0.6) is 0 Å². The van der Waals surface area contributed by atoms with Crippen molar-refractivity contribution in [3.63, 3.8) is 0 Å². The van der Waals surface area contributed by atoms with Crippen LogP contribution in [0.25, 0.3) is 0 Å². The number of fused-ring (bicyclic) bond motifs is 2. The minimum absolute atomic E-state index is 0.0710. The van der Waals surface area contributed by atoms with Crippen molar-refractivity contribution in [1.29, 1.82) is 0 Å². The summed E-state index contributed by atoms with van der Waals surface area (Å²) in [5, 5.41) is 0. The molecule has 2 aliphatic rings. The molecule has 1 fully saturated rings. The highest BCUT2D eigenvalue weighted by Gasteiger charge is 2.55. The molecule has 2 heteroatoms. The summed E-state index contributed by atoms with van der Waals surface area (Å²) in [5.41, 5.74) is 1.87. The molecule has 3 atom stereocenters. The van der Waals surface area contributed by atoms with Gasteiger partial charge in [-0.05, 0) is 24.5 Å². The zero-order chi connectivity index (χ0) is 15.8. The molecule has 0 spiro atoms. The molecule has 0 saturated carbocycles. The Bertz CT molecular complexity index is 694. The Labute approximate surface area is 137 Å². The molecule has 2 aromatic carbocycles. The van der Waals surface area contributed by atoms with Crippen molar-refractivity contribution in [3.8, 4) is 0 Å². The van der Waals surface area contributed by atoms with Gasteiger partial charge < -0.3 is 9.47 Å². The minimum atomic E-state index is -0.344. The van der Waals surface area contributed by atoms with E-state index in [0.717, 1.165) is 12.8 Å². The molecule has 2 aromatic rings. The predicted molar refractivity (Wildman–Crippen MR) is 91.0 cm³/mol. The van der Waals surface area contributed by atoms with Crippen LogP contribution in [0.2, 0.25) is 0 Å². The average Bonchev–Trinajstić information content (AvgIpc) is 2.80. The third-order valence-electron chi connectivity index (χ3n) is 5.06. The van der Waals surface area contributed by atoms with Crippen molar-refractivity contribution >= 4 is 0 Å². The first-order valence-electron chi connectivity index (χ1n) is 8.29. The van der Waals surface area contributed by atoms with Gasteiger partial charge in [-0.3, -0.25) is 0 Å². The van der Waals surface area contributed by atoms with Crippen molar-refractivity contribution in [1.82, 2.24) is 0 Å². The monoisotopic (exact) mass is 306 g/mol. The lowest BCUT2D eigenvalue weighted by molar-refractivity contribution is -0.110. The van der Waals surface area contributed by atoms with E-state index >= 15 is 0 Å². The lowest BCUT2D eigenvalue weighted by atomic mass is 9.87. The van der Waals surface area contributed by atoms with Crippen LogP contribution in [-0.2, 0) is 21.7 Å². The fraction of sp³-hybridized carbons (Fsp3) is 0.333. The third kappa shape index (κ3) is 2.62. The van der Waals surface area contributed by atoms with Crippen LogP contribution in [0, 0.1) is 0 Å². The highest BCUT2D eigenvalue weighted by atomic mass is 16.6. The van der Waals surface area contributed by atoms with Crippen molar-refractivity contribution in [2.75, 3.05) is 0 Å². The molecular weight excluding hydrogens is 284 g/mol. The summed E-state index contributed by atoms with van der Waals surface area (Å²) in [5.74, 6) is 0. The quantitative estimate of drug-likeness (QED) is 0.768. The van der Waals surface area contributed by atoms with Crippen LogP contribution in [0.3, 0.4) is 0 Å². The van der Waals surface area contributed by atoms with Gasteiger partial charge in [0.2, 0.25) is 0 Å². The Balaban J connectivity index is 1.57. The molecule has 0 radical (unpaired) electrons. The van der Waals surface area contributed by atoms with Crippen LogP contribution in [0.1, 0.15) is 30.9 Å². The maximum absolute atomic E-state index is 6.55. The highest BCUT2D eigenvalue weighted by Crippen LogP contribution is 2.51. The molecule has 118 valence electrons. The summed E-state index contributed by atoms with van der Waals surface area (Å²) < 4.78 is 12.8. The highest BCUT2D eigenvalue weighted by molar-refractivity contribution is 5.31. The molecular formula is C21H22O2. The topological polar surface area (TPSA) is 18.5 Å². The van der Waals surface area contributed by atoms with E-state index in [1.807, 2.05) is 6.07 Å². The lowest BCUT2D eigenvalue weighted by Gasteiger charge is -2.35. The Hall–Kier alpha value is -1.90. The Morgan fingerprint density at radius 3 is 2.48 bits per heavy atom. The first-order valence-corrected chi connectivity index (χ1v) is 8.29. The zero-order valence-corrected chi connectivity index (χ0v) is 13.4. The normalized spacial score (nSPS) is 32.1. The largest absolute Gasteiger partial charge is 0.370 e. The first-order chi connectivity index (χ1) is 11.2. The lowest BCUT2D eigenvalue weighted by Crippen LogP contribution is -2.38. The second kappa shape index (κ2) is 5.63. The molecule has 2 bridgehead atoms. The Kier molecular flexibility index (Phi) is 3.59. The Morgan fingerprint density at radius 1 is 1.04 bits per heavy atom. The maximum atomic E-state index is 6.55. The van der Waals surface area contributed by atoms with E-state index < -0.39 is 0 Å². The van der Waals surface area contributed by atoms with Gasteiger partial charge in [0.1, 0.15) is 11.2 Å². The van der Waals surface area contributed by atoms with Gasteiger partial charge in [-0.15, -0.1) is 0 Å². The molecule has 23 heavy (non-hydrogen) atoms. The summed E-state index contributed by atoms with van der Waals surface area (Å²) >= 11 is 0. The molecule has 0 aliphatic carbocycles. The van der Waals surface area contributed by atoms with Crippen molar-refractivity contribution in [2.24, 2.45) is 0 Å². The molecule has 4 rings (SSSR count). The second-order valence-electron chi connectivity index (χ2n) is 6.74. The minimum Gasteiger partial charge on any atom is -0.370 e. The van der Waals surface area contributed by atoms with E-state index in [0.29, 0.717) is 6.61 Å². The summed E-state index contributed by atoms with van der Waals surface area (Å²) in [4.78, 5) is 0. The summed E-state index contributed by atoms with van der Waals surface area (Å²) in [6.07, 6.45) is 6.31. The van der Waals surface area contributed by atoms with E-state index in [1.165, 1.54) is 11.1 Å².